The van der Waals surface area contributed by atoms with Crippen LogP contribution in [0.4, 0.5) is 5.69 Å². The molecular weight excluding hydrogens is 284 g/mol. The summed E-state index contributed by atoms with van der Waals surface area (Å²) in [5.41, 5.74) is 0.513. The number of aromatic nitrogens is 1. The second kappa shape index (κ2) is 5.25. The van der Waals surface area contributed by atoms with Crippen molar-refractivity contribution in [2.75, 3.05) is 0 Å². The third-order valence-corrected chi connectivity index (χ3v) is 3.40. The summed E-state index contributed by atoms with van der Waals surface area (Å²) in [7, 11) is 0. The van der Waals surface area contributed by atoms with Gasteiger partial charge in [-0.3, -0.25) is 15.1 Å². The molecule has 108 valence electrons. The van der Waals surface area contributed by atoms with Gasteiger partial charge < -0.3 is 5.11 Å². The zero-order valence-corrected chi connectivity index (χ0v) is 11.3. The van der Waals surface area contributed by atoms with Gasteiger partial charge in [0.25, 0.3) is 5.69 Å². The second-order valence-electron chi connectivity index (χ2n) is 4.70. The summed E-state index contributed by atoms with van der Waals surface area (Å²) in [6.07, 6.45) is 3.32. The van der Waals surface area contributed by atoms with Gasteiger partial charge in [0.2, 0.25) is 0 Å². The molecule has 1 N–H and O–H groups in total. The number of hydrogen-bond acceptors (Lipinski definition) is 4. The molecule has 3 rings (SSSR count). The van der Waals surface area contributed by atoms with Crippen LogP contribution < -0.4 is 0 Å². The average molecular weight is 294 g/mol. The summed E-state index contributed by atoms with van der Waals surface area (Å²) < 4.78 is 0. The van der Waals surface area contributed by atoms with Crippen molar-refractivity contribution in [1.29, 1.82) is 0 Å². The Bertz CT molecular complexity index is 900. The monoisotopic (exact) mass is 294 g/mol. The van der Waals surface area contributed by atoms with Gasteiger partial charge in [-0.1, -0.05) is 30.3 Å². The molecule has 2 aromatic carbocycles. The van der Waals surface area contributed by atoms with Crippen LogP contribution >= 0.6 is 0 Å². The second-order valence-corrected chi connectivity index (χ2v) is 4.70. The van der Waals surface area contributed by atoms with Crippen molar-refractivity contribution in [3.05, 3.63) is 70.5 Å². The van der Waals surface area contributed by atoms with Gasteiger partial charge in [-0.2, -0.15) is 0 Å². The fraction of sp³-hybridized carbons (Fsp3) is 0. The maximum Gasteiger partial charge on any atom is 0.342 e. The van der Waals surface area contributed by atoms with E-state index in [1.165, 1.54) is 12.1 Å². The van der Waals surface area contributed by atoms with Crippen LogP contribution in [0.2, 0.25) is 0 Å². The third-order valence-electron chi connectivity index (χ3n) is 3.40. The van der Waals surface area contributed by atoms with Crippen molar-refractivity contribution < 1.29 is 14.8 Å². The molecular formula is C16H10N2O4. The van der Waals surface area contributed by atoms with Crippen LogP contribution in [-0.4, -0.2) is 21.0 Å². The minimum atomic E-state index is -1.32. The van der Waals surface area contributed by atoms with Gasteiger partial charge >= 0.3 is 5.97 Å². The van der Waals surface area contributed by atoms with Crippen molar-refractivity contribution in [1.82, 2.24) is 4.98 Å². The van der Waals surface area contributed by atoms with Gasteiger partial charge in [-0.05, 0) is 17.0 Å². The quantitative estimate of drug-likeness (QED) is 0.589. The molecule has 0 aliphatic rings. The third kappa shape index (κ3) is 2.26. The molecule has 0 fully saturated rings. The Morgan fingerprint density at radius 3 is 2.64 bits per heavy atom. The van der Waals surface area contributed by atoms with Crippen LogP contribution in [0.5, 0.6) is 0 Å². The van der Waals surface area contributed by atoms with Crippen LogP contribution in [-0.2, 0) is 0 Å². The fourth-order valence-corrected chi connectivity index (χ4v) is 2.38. The molecule has 0 saturated heterocycles. The first-order chi connectivity index (χ1) is 10.6. The summed E-state index contributed by atoms with van der Waals surface area (Å²) in [6, 6.07) is 11.6. The molecule has 0 unspecified atom stereocenters. The molecule has 1 heterocycles. The number of nitrogens with zero attached hydrogens (tertiary/aromatic N) is 2. The highest BCUT2D eigenvalue weighted by Crippen LogP contribution is 2.31. The summed E-state index contributed by atoms with van der Waals surface area (Å²) in [4.78, 5) is 25.6. The van der Waals surface area contributed by atoms with Gasteiger partial charge in [-0.25, -0.2) is 4.79 Å². The number of hydrogen-bond donors (Lipinski definition) is 1. The van der Waals surface area contributed by atoms with Gasteiger partial charge in [0.05, 0.1) is 4.92 Å². The van der Waals surface area contributed by atoms with Crippen LogP contribution in [0.3, 0.4) is 0 Å². The Balaban J connectivity index is 2.26. The highest BCUT2D eigenvalue weighted by Gasteiger charge is 2.20. The highest BCUT2D eigenvalue weighted by atomic mass is 16.6. The van der Waals surface area contributed by atoms with Crippen LogP contribution in [0.1, 0.15) is 10.4 Å². The molecule has 0 atom stereocenters. The molecule has 0 bridgehead atoms. The zero-order chi connectivity index (χ0) is 15.7. The normalized spacial score (nSPS) is 10.5. The molecule has 6 heteroatoms. The minimum Gasteiger partial charge on any atom is -0.477 e. The van der Waals surface area contributed by atoms with E-state index in [9.17, 15) is 14.9 Å². The lowest BCUT2D eigenvalue weighted by molar-refractivity contribution is -0.385. The van der Waals surface area contributed by atoms with Crippen LogP contribution in [0.15, 0.2) is 54.9 Å². The van der Waals surface area contributed by atoms with Gasteiger partial charge in [0.15, 0.2) is 0 Å². The van der Waals surface area contributed by atoms with Crippen LogP contribution in [0.25, 0.3) is 21.9 Å². The summed E-state index contributed by atoms with van der Waals surface area (Å²) in [5, 5.41) is 21.9. The van der Waals surface area contributed by atoms with E-state index in [-0.39, 0.29) is 5.56 Å². The van der Waals surface area contributed by atoms with Crippen molar-refractivity contribution in [2.45, 2.75) is 0 Å². The number of carboxylic acids is 1. The Hall–Kier alpha value is -3.28. The summed E-state index contributed by atoms with van der Waals surface area (Å²) >= 11 is 0. The number of pyridine rings is 1. The van der Waals surface area contributed by atoms with E-state index < -0.39 is 16.6 Å². The van der Waals surface area contributed by atoms with Crippen molar-refractivity contribution >= 4 is 22.4 Å². The first kappa shape index (κ1) is 13.7. The maximum absolute atomic E-state index is 11.1. The molecule has 0 aliphatic heterocycles. The molecule has 3 aromatic rings. The number of rotatable bonds is 3. The molecule has 0 amide bonds. The van der Waals surface area contributed by atoms with E-state index in [0.29, 0.717) is 5.56 Å². The summed E-state index contributed by atoms with van der Waals surface area (Å²) in [5.74, 6) is -1.32. The Kier molecular flexibility index (Phi) is 3.27. The molecule has 0 radical (unpaired) electrons. The average Bonchev–Trinajstić information content (AvgIpc) is 2.53. The SMILES string of the molecule is O=C(O)c1ccc(-c2cncc3ccccc23)cc1[N+](=O)[O-]. The van der Waals surface area contributed by atoms with E-state index in [2.05, 4.69) is 4.98 Å². The smallest absolute Gasteiger partial charge is 0.342 e. The van der Waals surface area contributed by atoms with Gasteiger partial charge in [-0.15, -0.1) is 0 Å². The highest BCUT2D eigenvalue weighted by molar-refractivity contribution is 5.98. The Morgan fingerprint density at radius 2 is 1.91 bits per heavy atom. The fourth-order valence-electron chi connectivity index (χ4n) is 2.38. The number of nitro benzene ring substituents is 1. The lowest BCUT2D eigenvalue weighted by Gasteiger charge is -2.07. The number of carbonyl (C=O) groups is 1. The predicted octanol–water partition coefficient (Wildman–Crippen LogP) is 3.51. The molecule has 22 heavy (non-hydrogen) atoms. The largest absolute Gasteiger partial charge is 0.477 e. The molecule has 0 spiro atoms. The Morgan fingerprint density at radius 1 is 1.14 bits per heavy atom. The molecule has 0 saturated carbocycles. The van der Waals surface area contributed by atoms with E-state index in [4.69, 9.17) is 5.11 Å². The standard InChI is InChI=1S/C16H10N2O4/c19-16(20)13-6-5-10(7-15(13)18(21)22)14-9-17-8-11-3-1-2-4-12(11)14/h1-9H,(H,19,20). The number of nitro groups is 1. The van der Waals surface area contributed by atoms with Gasteiger partial charge in [0.1, 0.15) is 5.56 Å². The minimum absolute atomic E-state index is 0.332. The van der Waals surface area contributed by atoms with Crippen molar-refractivity contribution in [3.8, 4) is 11.1 Å². The summed E-state index contributed by atoms with van der Waals surface area (Å²) in [6.45, 7) is 0. The van der Waals surface area contributed by atoms with E-state index >= 15 is 0 Å². The first-order valence-corrected chi connectivity index (χ1v) is 6.43. The topological polar surface area (TPSA) is 93.3 Å². The molecule has 1 aromatic heterocycles. The van der Waals surface area contributed by atoms with Crippen molar-refractivity contribution in [2.24, 2.45) is 0 Å². The van der Waals surface area contributed by atoms with E-state index in [0.717, 1.165) is 16.3 Å². The number of fused-ring (bicyclic) bond motifs is 1. The maximum atomic E-state index is 11.1. The number of aromatic carboxylic acids is 1. The zero-order valence-electron chi connectivity index (χ0n) is 11.3. The van der Waals surface area contributed by atoms with E-state index in [1.807, 2.05) is 24.3 Å². The predicted molar refractivity (Wildman–Crippen MR) is 80.8 cm³/mol. The van der Waals surface area contributed by atoms with E-state index in [1.54, 1.807) is 18.5 Å². The number of benzene rings is 2. The lowest BCUT2D eigenvalue weighted by atomic mass is 9.99. The lowest BCUT2D eigenvalue weighted by Crippen LogP contribution is -2.02. The number of carboxylic acid groups (broad SMARTS) is 1. The van der Waals surface area contributed by atoms with Gasteiger partial charge in [0, 0.05) is 29.4 Å². The van der Waals surface area contributed by atoms with Crippen molar-refractivity contribution in [3.63, 3.8) is 0 Å². The Labute approximate surface area is 124 Å². The molecule has 6 nitrogen and oxygen atoms in total. The first-order valence-electron chi connectivity index (χ1n) is 6.43. The molecule has 0 aliphatic carbocycles. The van der Waals surface area contributed by atoms with Crippen LogP contribution in [0, 0.1) is 10.1 Å².